The van der Waals surface area contributed by atoms with Crippen molar-refractivity contribution >= 4 is 54.8 Å². The Kier molecular flexibility index (Phi) is 7.02. The van der Waals surface area contributed by atoms with Crippen LogP contribution in [0.5, 0.6) is 5.75 Å². The Labute approximate surface area is 188 Å². The Morgan fingerprint density at radius 1 is 1.03 bits per heavy atom. The fourth-order valence-electron chi connectivity index (χ4n) is 2.59. The van der Waals surface area contributed by atoms with Gasteiger partial charge in [0.05, 0.1) is 4.90 Å². The van der Waals surface area contributed by atoms with Crippen LogP contribution in [0, 0.1) is 6.92 Å². The molecule has 0 aliphatic rings. The van der Waals surface area contributed by atoms with E-state index in [0.29, 0.717) is 27.7 Å². The van der Waals surface area contributed by atoms with E-state index < -0.39 is 10.0 Å². The van der Waals surface area contributed by atoms with Crippen LogP contribution in [0.1, 0.15) is 5.56 Å². The number of amides is 1. The molecule has 3 aromatic carbocycles. The van der Waals surface area contributed by atoms with Gasteiger partial charge in [-0.25, -0.2) is 8.42 Å². The van der Waals surface area contributed by atoms with Gasteiger partial charge in [0.1, 0.15) is 5.75 Å². The van der Waals surface area contributed by atoms with E-state index in [4.69, 9.17) is 16.3 Å². The largest absolute Gasteiger partial charge is 0.483 e. The second-order valence-corrected chi connectivity index (χ2v) is 9.42. The Morgan fingerprint density at radius 2 is 1.77 bits per heavy atom. The summed E-state index contributed by atoms with van der Waals surface area (Å²) in [5.41, 5.74) is 1.63. The number of anilines is 2. The molecule has 0 bridgehead atoms. The van der Waals surface area contributed by atoms with E-state index in [9.17, 15) is 13.2 Å². The van der Waals surface area contributed by atoms with Crippen LogP contribution >= 0.6 is 27.5 Å². The molecule has 0 spiro atoms. The van der Waals surface area contributed by atoms with E-state index in [2.05, 4.69) is 26.0 Å². The third kappa shape index (κ3) is 5.98. The van der Waals surface area contributed by atoms with Crippen LogP contribution in [-0.2, 0) is 14.8 Å². The lowest BCUT2D eigenvalue weighted by molar-refractivity contribution is -0.118. The van der Waals surface area contributed by atoms with E-state index in [1.54, 1.807) is 43.3 Å². The predicted octanol–water partition coefficient (Wildman–Crippen LogP) is 5.23. The quantitative estimate of drug-likeness (QED) is 0.457. The fraction of sp³-hybridized carbons (Fsp3) is 0.0952. The van der Waals surface area contributed by atoms with E-state index >= 15 is 0 Å². The second kappa shape index (κ2) is 9.51. The van der Waals surface area contributed by atoms with Crippen LogP contribution in [0.25, 0.3) is 0 Å². The molecule has 0 aromatic heterocycles. The Bertz CT molecular complexity index is 1170. The van der Waals surface area contributed by atoms with Gasteiger partial charge in [-0.15, -0.1) is 0 Å². The first-order valence-electron chi connectivity index (χ1n) is 8.80. The van der Waals surface area contributed by atoms with Gasteiger partial charge in [-0.3, -0.25) is 9.52 Å². The van der Waals surface area contributed by atoms with Crippen molar-refractivity contribution < 1.29 is 17.9 Å². The van der Waals surface area contributed by atoms with Crippen molar-refractivity contribution in [2.75, 3.05) is 16.6 Å². The van der Waals surface area contributed by atoms with Gasteiger partial charge in [0.2, 0.25) is 0 Å². The minimum atomic E-state index is -3.77. The summed E-state index contributed by atoms with van der Waals surface area (Å²) in [6.07, 6.45) is 0. The highest BCUT2D eigenvalue weighted by atomic mass is 79.9. The molecule has 6 nitrogen and oxygen atoms in total. The number of sulfonamides is 1. The molecule has 0 saturated heterocycles. The summed E-state index contributed by atoms with van der Waals surface area (Å²) in [6, 6.07) is 18.0. The van der Waals surface area contributed by atoms with Crippen LogP contribution in [0.3, 0.4) is 0 Å². The van der Waals surface area contributed by atoms with Gasteiger partial charge in [-0.1, -0.05) is 33.6 Å². The number of aryl methyl sites for hydroxylation is 1. The lowest BCUT2D eigenvalue weighted by Crippen LogP contribution is -2.20. The first-order chi connectivity index (χ1) is 14.2. The maximum absolute atomic E-state index is 12.6. The summed E-state index contributed by atoms with van der Waals surface area (Å²) in [5.74, 6) is 0.0958. The van der Waals surface area contributed by atoms with Crippen molar-refractivity contribution in [1.82, 2.24) is 0 Å². The monoisotopic (exact) mass is 508 g/mol. The van der Waals surface area contributed by atoms with Gasteiger partial charge in [0.25, 0.3) is 15.9 Å². The Balaban J connectivity index is 1.64. The zero-order valence-electron chi connectivity index (χ0n) is 15.9. The van der Waals surface area contributed by atoms with Crippen molar-refractivity contribution in [2.45, 2.75) is 11.8 Å². The molecule has 0 saturated carbocycles. The Morgan fingerprint density at radius 3 is 2.43 bits per heavy atom. The van der Waals surface area contributed by atoms with E-state index in [1.165, 1.54) is 18.2 Å². The first-order valence-corrected chi connectivity index (χ1v) is 11.5. The maximum atomic E-state index is 12.6. The van der Waals surface area contributed by atoms with Gasteiger partial charge in [-0.2, -0.15) is 0 Å². The number of hydrogen-bond donors (Lipinski definition) is 2. The molecule has 3 rings (SSSR count). The average Bonchev–Trinajstić information content (AvgIpc) is 2.68. The van der Waals surface area contributed by atoms with Crippen LogP contribution in [0.15, 0.2) is 76.1 Å². The van der Waals surface area contributed by atoms with E-state index in [0.717, 1.165) is 4.47 Å². The van der Waals surface area contributed by atoms with Crippen LogP contribution < -0.4 is 14.8 Å². The van der Waals surface area contributed by atoms with E-state index in [-0.39, 0.29) is 17.4 Å². The van der Waals surface area contributed by atoms with Gasteiger partial charge < -0.3 is 10.1 Å². The van der Waals surface area contributed by atoms with Crippen LogP contribution in [0.2, 0.25) is 5.02 Å². The molecule has 0 unspecified atom stereocenters. The molecule has 0 heterocycles. The summed E-state index contributed by atoms with van der Waals surface area (Å²) in [7, 11) is -3.77. The maximum Gasteiger partial charge on any atom is 0.262 e. The Hall–Kier alpha value is -2.55. The second-order valence-electron chi connectivity index (χ2n) is 6.39. The van der Waals surface area contributed by atoms with Crippen molar-refractivity contribution in [3.8, 4) is 5.75 Å². The van der Waals surface area contributed by atoms with Gasteiger partial charge in [0, 0.05) is 20.9 Å². The average molecular weight is 510 g/mol. The van der Waals surface area contributed by atoms with Crippen molar-refractivity contribution in [1.29, 1.82) is 0 Å². The highest BCUT2D eigenvalue weighted by molar-refractivity contribution is 9.10. The van der Waals surface area contributed by atoms with Crippen molar-refractivity contribution in [3.63, 3.8) is 0 Å². The number of carbonyl (C=O) groups is 1. The van der Waals surface area contributed by atoms with E-state index in [1.807, 2.05) is 12.1 Å². The molecule has 1 amide bonds. The van der Waals surface area contributed by atoms with Gasteiger partial charge in [-0.05, 0) is 73.2 Å². The lowest BCUT2D eigenvalue weighted by Gasteiger charge is -2.12. The molecule has 156 valence electrons. The molecule has 0 radical (unpaired) electrons. The van der Waals surface area contributed by atoms with Crippen molar-refractivity contribution in [2.24, 2.45) is 0 Å². The zero-order valence-corrected chi connectivity index (χ0v) is 19.0. The normalized spacial score (nSPS) is 11.0. The molecular weight excluding hydrogens is 492 g/mol. The predicted molar refractivity (Wildman–Crippen MR) is 122 cm³/mol. The topological polar surface area (TPSA) is 84.5 Å². The molecule has 0 aliphatic heterocycles. The SMILES string of the molecule is Cc1cc(S(=O)(=O)Nc2ccc(Cl)cc2)ccc1OCC(=O)Nc1cccc(Br)c1. The molecule has 9 heteroatoms. The molecule has 2 N–H and O–H groups in total. The smallest absolute Gasteiger partial charge is 0.262 e. The van der Waals surface area contributed by atoms with Gasteiger partial charge >= 0.3 is 0 Å². The third-order valence-corrected chi connectivity index (χ3v) is 6.14. The number of hydrogen-bond acceptors (Lipinski definition) is 4. The number of benzene rings is 3. The molecule has 0 fully saturated rings. The molecule has 0 aliphatic carbocycles. The highest BCUT2D eigenvalue weighted by Gasteiger charge is 2.16. The minimum Gasteiger partial charge on any atom is -0.483 e. The van der Waals surface area contributed by atoms with Crippen molar-refractivity contribution in [3.05, 3.63) is 81.8 Å². The zero-order chi connectivity index (χ0) is 21.7. The third-order valence-electron chi connectivity index (χ3n) is 4.02. The minimum absolute atomic E-state index is 0.0842. The highest BCUT2D eigenvalue weighted by Crippen LogP contribution is 2.24. The molecule has 3 aromatic rings. The summed E-state index contributed by atoms with van der Waals surface area (Å²) in [4.78, 5) is 12.2. The molecular formula is C21H18BrClN2O4S. The molecule has 0 atom stereocenters. The summed E-state index contributed by atoms with van der Waals surface area (Å²) in [6.45, 7) is 1.51. The fourth-order valence-corrected chi connectivity index (χ4v) is 4.26. The lowest BCUT2D eigenvalue weighted by atomic mass is 10.2. The number of rotatable bonds is 7. The number of ether oxygens (including phenoxy) is 1. The number of halogens is 2. The summed E-state index contributed by atoms with van der Waals surface area (Å²) < 4.78 is 34.1. The van der Waals surface area contributed by atoms with Gasteiger partial charge in [0.15, 0.2) is 6.61 Å². The number of nitrogens with one attached hydrogen (secondary N) is 2. The number of carbonyl (C=O) groups excluding carboxylic acids is 1. The summed E-state index contributed by atoms with van der Waals surface area (Å²) in [5, 5.41) is 3.24. The summed E-state index contributed by atoms with van der Waals surface area (Å²) >= 11 is 9.16. The molecule has 30 heavy (non-hydrogen) atoms. The first kappa shape index (κ1) is 22.1. The van der Waals surface area contributed by atoms with Crippen LogP contribution in [0.4, 0.5) is 11.4 Å². The van der Waals surface area contributed by atoms with Crippen LogP contribution in [-0.4, -0.2) is 20.9 Å². The standard InChI is InChI=1S/C21H18BrClN2O4S/c1-14-11-19(30(27,28)25-17-7-5-16(23)6-8-17)9-10-20(14)29-13-21(26)24-18-4-2-3-15(22)12-18/h2-12,25H,13H2,1H3,(H,24,26).